The number of ether oxygens (including phenoxy) is 1. The summed E-state index contributed by atoms with van der Waals surface area (Å²) in [4.78, 5) is 24.7. The van der Waals surface area contributed by atoms with Crippen molar-refractivity contribution in [3.8, 4) is 5.75 Å². The Balaban J connectivity index is 1.72. The smallest absolute Gasteiger partial charge is 0.341 e. The minimum Gasteiger partial charge on any atom is -0.482 e. The van der Waals surface area contributed by atoms with Gasteiger partial charge in [-0.1, -0.05) is 25.3 Å². The number of amides is 1. The Morgan fingerprint density at radius 1 is 1.12 bits per heavy atom. The van der Waals surface area contributed by atoms with Crippen LogP contribution in [0, 0.1) is 0 Å². The van der Waals surface area contributed by atoms with E-state index in [-0.39, 0.29) is 12.5 Å². The molecule has 0 saturated heterocycles. The molecule has 0 radical (unpaired) electrons. The lowest BCUT2D eigenvalue weighted by Gasteiger charge is -2.35. The third-order valence-corrected chi connectivity index (χ3v) is 5.68. The Morgan fingerprint density at radius 3 is 2.44 bits per heavy atom. The maximum atomic E-state index is 13.1. The van der Waals surface area contributed by atoms with E-state index in [4.69, 9.17) is 9.84 Å². The highest BCUT2D eigenvalue weighted by molar-refractivity contribution is 7.10. The van der Waals surface area contributed by atoms with Crippen molar-refractivity contribution in [2.45, 2.75) is 37.5 Å². The number of thiophene rings is 1. The molecular formula is C19H21NO4S. The van der Waals surface area contributed by atoms with E-state index in [1.165, 1.54) is 6.42 Å². The van der Waals surface area contributed by atoms with Gasteiger partial charge in [0.15, 0.2) is 6.61 Å². The predicted molar refractivity (Wildman–Crippen MR) is 97.3 cm³/mol. The second kappa shape index (κ2) is 7.70. The fraction of sp³-hybridized carbons (Fsp3) is 0.368. The van der Waals surface area contributed by atoms with Gasteiger partial charge >= 0.3 is 5.97 Å². The number of aliphatic carboxylic acids is 1. The van der Waals surface area contributed by atoms with Crippen LogP contribution in [-0.2, 0) is 15.0 Å². The Kier molecular flexibility index (Phi) is 5.38. The fourth-order valence-corrected chi connectivity index (χ4v) is 4.31. The molecule has 0 unspecified atom stereocenters. The summed E-state index contributed by atoms with van der Waals surface area (Å²) in [5, 5.41) is 13.7. The SMILES string of the molecule is O=C(O)COc1ccc(NC(=O)C2(c3cccs3)CCCCC2)cc1. The number of carbonyl (C=O) groups is 2. The first-order chi connectivity index (χ1) is 12.1. The molecule has 0 atom stereocenters. The predicted octanol–water partition coefficient (Wildman–Crippen LogP) is 4.05. The van der Waals surface area contributed by atoms with E-state index in [9.17, 15) is 9.59 Å². The van der Waals surface area contributed by atoms with Gasteiger partial charge in [-0.2, -0.15) is 0 Å². The zero-order chi connectivity index (χ0) is 17.7. The van der Waals surface area contributed by atoms with Crippen molar-refractivity contribution >= 4 is 28.9 Å². The first kappa shape index (κ1) is 17.5. The summed E-state index contributed by atoms with van der Waals surface area (Å²) in [6, 6.07) is 10.9. The standard InChI is InChI=1S/C19H21NO4S/c21-17(22)13-24-15-8-6-14(7-9-15)20-18(23)19(10-2-1-3-11-19)16-5-4-12-25-16/h4-9,12H,1-3,10-11,13H2,(H,20,23)(H,21,22). The number of carboxylic acids is 1. The zero-order valence-corrected chi connectivity index (χ0v) is 14.7. The van der Waals surface area contributed by atoms with E-state index < -0.39 is 11.4 Å². The minimum atomic E-state index is -1.02. The fourth-order valence-electron chi connectivity index (χ4n) is 3.32. The third kappa shape index (κ3) is 4.02. The summed E-state index contributed by atoms with van der Waals surface area (Å²) in [7, 11) is 0. The molecule has 0 aliphatic heterocycles. The summed E-state index contributed by atoms with van der Waals surface area (Å²) < 4.78 is 5.11. The molecule has 5 nitrogen and oxygen atoms in total. The molecule has 6 heteroatoms. The van der Waals surface area contributed by atoms with Gasteiger partial charge in [-0.05, 0) is 48.6 Å². The summed E-state index contributed by atoms with van der Waals surface area (Å²) >= 11 is 1.64. The summed E-state index contributed by atoms with van der Waals surface area (Å²) in [5.41, 5.74) is 0.249. The Bertz CT molecular complexity index is 718. The van der Waals surface area contributed by atoms with Crippen molar-refractivity contribution in [1.82, 2.24) is 0 Å². The zero-order valence-electron chi connectivity index (χ0n) is 13.9. The monoisotopic (exact) mass is 359 g/mol. The summed E-state index contributed by atoms with van der Waals surface area (Å²) in [5.74, 6) is -0.521. The van der Waals surface area contributed by atoms with Gasteiger partial charge in [-0.3, -0.25) is 4.79 Å². The Labute approximate surface area is 150 Å². The van der Waals surface area contributed by atoms with Gasteiger partial charge in [0.25, 0.3) is 0 Å². The third-order valence-electron chi connectivity index (χ3n) is 4.61. The molecule has 2 aromatic rings. The van der Waals surface area contributed by atoms with Crippen LogP contribution in [0.5, 0.6) is 5.75 Å². The molecule has 25 heavy (non-hydrogen) atoms. The van der Waals surface area contributed by atoms with E-state index in [1.807, 2.05) is 11.4 Å². The average molecular weight is 359 g/mol. The van der Waals surface area contributed by atoms with Gasteiger partial charge in [0, 0.05) is 10.6 Å². The van der Waals surface area contributed by atoms with Gasteiger partial charge in [0.05, 0.1) is 5.41 Å². The lowest BCUT2D eigenvalue weighted by molar-refractivity contribution is -0.139. The maximum absolute atomic E-state index is 13.1. The van der Waals surface area contributed by atoms with Gasteiger partial charge in [-0.15, -0.1) is 11.3 Å². The second-order valence-corrected chi connectivity index (χ2v) is 7.23. The molecule has 3 rings (SSSR count). The molecule has 1 amide bonds. The normalized spacial score (nSPS) is 16.2. The molecule has 1 saturated carbocycles. The van der Waals surface area contributed by atoms with Crippen molar-refractivity contribution in [2.24, 2.45) is 0 Å². The Hall–Kier alpha value is -2.34. The number of carboxylic acid groups (broad SMARTS) is 1. The highest BCUT2D eigenvalue weighted by Gasteiger charge is 2.41. The van der Waals surface area contributed by atoms with Crippen LogP contribution in [-0.4, -0.2) is 23.6 Å². The minimum absolute atomic E-state index is 0.0360. The van der Waals surface area contributed by atoms with E-state index >= 15 is 0 Å². The number of hydrogen-bond donors (Lipinski definition) is 2. The molecule has 1 heterocycles. The number of carbonyl (C=O) groups excluding carboxylic acids is 1. The first-order valence-electron chi connectivity index (χ1n) is 8.40. The number of anilines is 1. The molecule has 1 aliphatic carbocycles. The topological polar surface area (TPSA) is 75.6 Å². The molecule has 0 bridgehead atoms. The van der Waals surface area contributed by atoms with Gasteiger partial charge in [0.2, 0.25) is 5.91 Å². The van der Waals surface area contributed by atoms with Crippen molar-refractivity contribution < 1.29 is 19.4 Å². The molecule has 2 N–H and O–H groups in total. The number of benzene rings is 1. The second-order valence-electron chi connectivity index (χ2n) is 6.28. The van der Waals surface area contributed by atoms with Crippen LogP contribution in [0.1, 0.15) is 37.0 Å². The van der Waals surface area contributed by atoms with Crippen molar-refractivity contribution in [3.05, 3.63) is 46.7 Å². The molecule has 1 aromatic carbocycles. The van der Waals surface area contributed by atoms with Crippen molar-refractivity contribution in [3.63, 3.8) is 0 Å². The van der Waals surface area contributed by atoms with Crippen LogP contribution in [0.15, 0.2) is 41.8 Å². The molecular weight excluding hydrogens is 338 g/mol. The maximum Gasteiger partial charge on any atom is 0.341 e. The van der Waals surface area contributed by atoms with Crippen molar-refractivity contribution in [1.29, 1.82) is 0 Å². The first-order valence-corrected chi connectivity index (χ1v) is 9.28. The van der Waals surface area contributed by atoms with Crippen LogP contribution in [0.3, 0.4) is 0 Å². The van der Waals surface area contributed by atoms with E-state index in [0.29, 0.717) is 11.4 Å². The van der Waals surface area contributed by atoms with Crippen molar-refractivity contribution in [2.75, 3.05) is 11.9 Å². The van der Waals surface area contributed by atoms with E-state index in [0.717, 1.165) is 30.6 Å². The van der Waals surface area contributed by atoms with Crippen LogP contribution in [0.4, 0.5) is 5.69 Å². The molecule has 1 aromatic heterocycles. The van der Waals surface area contributed by atoms with E-state index in [1.54, 1.807) is 35.6 Å². The van der Waals surface area contributed by atoms with Crippen LogP contribution in [0.25, 0.3) is 0 Å². The number of rotatable bonds is 6. The number of hydrogen-bond acceptors (Lipinski definition) is 4. The molecule has 1 fully saturated rings. The molecule has 132 valence electrons. The lowest BCUT2D eigenvalue weighted by atomic mass is 9.72. The highest BCUT2D eigenvalue weighted by Crippen LogP contribution is 2.42. The molecule has 1 aliphatic rings. The van der Waals surface area contributed by atoms with Crippen LogP contribution >= 0.6 is 11.3 Å². The summed E-state index contributed by atoms with van der Waals surface area (Å²) in [6.45, 7) is -0.382. The van der Waals surface area contributed by atoms with Gasteiger partial charge in [-0.25, -0.2) is 4.79 Å². The molecule has 0 spiro atoms. The Morgan fingerprint density at radius 2 is 1.84 bits per heavy atom. The summed E-state index contributed by atoms with van der Waals surface area (Å²) in [6.07, 6.45) is 5.05. The largest absolute Gasteiger partial charge is 0.482 e. The van der Waals surface area contributed by atoms with Gasteiger partial charge < -0.3 is 15.2 Å². The van der Waals surface area contributed by atoms with E-state index in [2.05, 4.69) is 11.4 Å². The average Bonchev–Trinajstić information content (AvgIpc) is 3.17. The quantitative estimate of drug-likeness (QED) is 0.816. The number of nitrogens with one attached hydrogen (secondary N) is 1. The van der Waals surface area contributed by atoms with Crippen LogP contribution in [0.2, 0.25) is 0 Å². The van der Waals surface area contributed by atoms with Crippen LogP contribution < -0.4 is 10.1 Å². The highest BCUT2D eigenvalue weighted by atomic mass is 32.1. The van der Waals surface area contributed by atoms with Gasteiger partial charge in [0.1, 0.15) is 5.75 Å². The lowest BCUT2D eigenvalue weighted by Crippen LogP contribution is -2.41.